The number of carboxylic acids is 1. The smallest absolute Gasteiger partial charge is 0.361 e. The summed E-state index contributed by atoms with van der Waals surface area (Å²) in [7, 11) is 0. The first kappa shape index (κ1) is 6.12. The Bertz CT molecular complexity index is 167. The van der Waals surface area contributed by atoms with E-state index in [1.807, 2.05) is 0 Å². The lowest BCUT2D eigenvalue weighted by Gasteiger charge is -2.18. The molecule has 1 saturated carbocycles. The summed E-state index contributed by atoms with van der Waals surface area (Å²) in [6, 6.07) is 0. The summed E-state index contributed by atoms with van der Waals surface area (Å²) < 4.78 is 9.87. The van der Waals surface area contributed by atoms with Crippen LogP contribution in [-0.4, -0.2) is 30.1 Å². The Morgan fingerprint density at radius 2 is 2.40 bits per heavy atom. The number of carbonyl (C=O) groups is 1. The standard InChI is InChI=1S/C6H8O4/c7-5(8)6-9-2-3-1-4(3)10-6/h3-4,6H,1-2H2,(H,7,8). The first-order chi connectivity index (χ1) is 4.77. The zero-order chi connectivity index (χ0) is 7.14. The minimum absolute atomic E-state index is 0.162. The van der Waals surface area contributed by atoms with Gasteiger partial charge in [0.1, 0.15) is 0 Å². The molecule has 0 radical (unpaired) electrons. The molecule has 4 heteroatoms. The van der Waals surface area contributed by atoms with E-state index >= 15 is 0 Å². The third kappa shape index (κ3) is 0.892. The van der Waals surface area contributed by atoms with Crippen LogP contribution in [0.3, 0.4) is 0 Å². The molecule has 56 valence electrons. The van der Waals surface area contributed by atoms with Crippen LogP contribution < -0.4 is 0 Å². The highest BCUT2D eigenvalue weighted by atomic mass is 16.7. The van der Waals surface area contributed by atoms with Crippen LogP contribution in [0.2, 0.25) is 0 Å². The highest BCUT2D eigenvalue weighted by molar-refractivity contribution is 5.70. The first-order valence-electron chi connectivity index (χ1n) is 3.27. The topological polar surface area (TPSA) is 55.8 Å². The summed E-state index contributed by atoms with van der Waals surface area (Å²) in [5.74, 6) is -0.555. The van der Waals surface area contributed by atoms with Gasteiger partial charge in [-0.25, -0.2) is 4.79 Å². The number of fused-ring (bicyclic) bond motifs is 1. The van der Waals surface area contributed by atoms with E-state index in [-0.39, 0.29) is 6.10 Å². The minimum atomic E-state index is -1.02. The lowest BCUT2D eigenvalue weighted by molar-refractivity contribution is -0.208. The molecule has 0 bridgehead atoms. The normalized spacial score (nSPS) is 44.2. The molecule has 0 amide bonds. The Hall–Kier alpha value is -0.610. The van der Waals surface area contributed by atoms with Gasteiger partial charge in [-0.1, -0.05) is 0 Å². The zero-order valence-corrected chi connectivity index (χ0v) is 5.32. The molecule has 4 nitrogen and oxygen atoms in total. The SMILES string of the molecule is O=C(O)C1OCC2CC2O1. The molecular weight excluding hydrogens is 136 g/mol. The van der Waals surface area contributed by atoms with Crippen LogP contribution in [0.25, 0.3) is 0 Å². The predicted molar refractivity (Wildman–Crippen MR) is 30.4 cm³/mol. The van der Waals surface area contributed by atoms with Crippen LogP contribution in [0.15, 0.2) is 0 Å². The minimum Gasteiger partial charge on any atom is -0.477 e. The van der Waals surface area contributed by atoms with Crippen LogP contribution >= 0.6 is 0 Å². The number of aliphatic carboxylic acids is 1. The second-order valence-electron chi connectivity index (χ2n) is 2.67. The largest absolute Gasteiger partial charge is 0.477 e. The van der Waals surface area contributed by atoms with Gasteiger partial charge in [0.15, 0.2) is 0 Å². The fourth-order valence-corrected chi connectivity index (χ4v) is 1.10. The van der Waals surface area contributed by atoms with Crippen molar-refractivity contribution < 1.29 is 19.4 Å². The predicted octanol–water partition coefficient (Wildman–Crippen LogP) is -0.168. The molecule has 3 atom stereocenters. The van der Waals surface area contributed by atoms with Crippen molar-refractivity contribution in [1.82, 2.24) is 0 Å². The second-order valence-corrected chi connectivity index (χ2v) is 2.67. The molecule has 1 N–H and O–H groups in total. The molecule has 10 heavy (non-hydrogen) atoms. The molecule has 2 rings (SSSR count). The molecule has 1 aliphatic carbocycles. The quantitative estimate of drug-likeness (QED) is 0.555. The summed E-state index contributed by atoms with van der Waals surface area (Å²) in [5, 5.41) is 8.42. The van der Waals surface area contributed by atoms with Crippen LogP contribution in [0.5, 0.6) is 0 Å². The monoisotopic (exact) mass is 144 g/mol. The molecule has 0 aromatic rings. The molecule has 1 saturated heterocycles. The van der Waals surface area contributed by atoms with E-state index in [0.29, 0.717) is 12.5 Å². The number of carboxylic acid groups (broad SMARTS) is 1. The number of rotatable bonds is 1. The van der Waals surface area contributed by atoms with E-state index in [0.717, 1.165) is 6.42 Å². The third-order valence-electron chi connectivity index (χ3n) is 1.82. The first-order valence-corrected chi connectivity index (χ1v) is 3.27. The van der Waals surface area contributed by atoms with E-state index in [1.54, 1.807) is 0 Å². The summed E-state index contributed by atoms with van der Waals surface area (Å²) in [4.78, 5) is 10.3. The van der Waals surface area contributed by atoms with E-state index in [9.17, 15) is 4.79 Å². The van der Waals surface area contributed by atoms with Crippen molar-refractivity contribution >= 4 is 5.97 Å². The van der Waals surface area contributed by atoms with E-state index < -0.39 is 12.3 Å². The second kappa shape index (κ2) is 1.93. The lowest BCUT2D eigenvalue weighted by Crippen LogP contribution is -2.33. The summed E-state index contributed by atoms with van der Waals surface area (Å²) in [6.07, 6.45) is 0.114. The van der Waals surface area contributed by atoms with Gasteiger partial charge in [-0.3, -0.25) is 0 Å². The van der Waals surface area contributed by atoms with Crippen LogP contribution in [-0.2, 0) is 14.3 Å². The number of hydrogen-bond acceptors (Lipinski definition) is 3. The fraction of sp³-hybridized carbons (Fsp3) is 0.833. The van der Waals surface area contributed by atoms with Gasteiger partial charge < -0.3 is 14.6 Å². The Morgan fingerprint density at radius 1 is 1.60 bits per heavy atom. The van der Waals surface area contributed by atoms with Crippen molar-refractivity contribution in [3.63, 3.8) is 0 Å². The van der Waals surface area contributed by atoms with Gasteiger partial charge in [-0.2, -0.15) is 0 Å². The van der Waals surface area contributed by atoms with Gasteiger partial charge >= 0.3 is 5.97 Å². The Kier molecular flexibility index (Phi) is 1.18. The van der Waals surface area contributed by atoms with Crippen molar-refractivity contribution in [1.29, 1.82) is 0 Å². The molecular formula is C6H8O4. The molecule has 0 spiro atoms. The van der Waals surface area contributed by atoms with Crippen LogP contribution in [0.1, 0.15) is 6.42 Å². The van der Waals surface area contributed by atoms with E-state index in [4.69, 9.17) is 14.6 Å². The average molecular weight is 144 g/mol. The van der Waals surface area contributed by atoms with Gasteiger partial charge in [-0.15, -0.1) is 0 Å². The van der Waals surface area contributed by atoms with Gasteiger partial charge in [0.05, 0.1) is 12.7 Å². The van der Waals surface area contributed by atoms with Crippen LogP contribution in [0.4, 0.5) is 0 Å². The van der Waals surface area contributed by atoms with Crippen molar-refractivity contribution in [2.45, 2.75) is 18.8 Å². The van der Waals surface area contributed by atoms with Crippen molar-refractivity contribution in [3.05, 3.63) is 0 Å². The summed E-state index contributed by atoms with van der Waals surface area (Å²) in [5.41, 5.74) is 0. The molecule has 1 heterocycles. The third-order valence-corrected chi connectivity index (χ3v) is 1.82. The fourth-order valence-electron chi connectivity index (χ4n) is 1.10. The van der Waals surface area contributed by atoms with E-state index in [2.05, 4.69) is 0 Å². The maximum atomic E-state index is 10.3. The lowest BCUT2D eigenvalue weighted by atomic mass is 10.4. The van der Waals surface area contributed by atoms with Gasteiger partial charge in [-0.05, 0) is 6.42 Å². The zero-order valence-electron chi connectivity index (χ0n) is 5.32. The molecule has 1 aliphatic heterocycles. The number of hydrogen-bond donors (Lipinski definition) is 1. The summed E-state index contributed by atoms with van der Waals surface area (Å²) >= 11 is 0. The van der Waals surface area contributed by atoms with E-state index in [1.165, 1.54) is 0 Å². The van der Waals surface area contributed by atoms with Crippen molar-refractivity contribution in [2.24, 2.45) is 5.92 Å². The van der Waals surface area contributed by atoms with Gasteiger partial charge in [0, 0.05) is 5.92 Å². The maximum absolute atomic E-state index is 10.3. The molecule has 2 aliphatic rings. The number of ether oxygens (including phenoxy) is 2. The van der Waals surface area contributed by atoms with Gasteiger partial charge in [0.25, 0.3) is 6.29 Å². The van der Waals surface area contributed by atoms with Crippen molar-refractivity contribution in [3.8, 4) is 0 Å². The van der Waals surface area contributed by atoms with Crippen LogP contribution in [0, 0.1) is 5.92 Å². The molecule has 0 aromatic heterocycles. The molecule has 0 aromatic carbocycles. The molecule has 2 fully saturated rings. The van der Waals surface area contributed by atoms with Gasteiger partial charge in [0.2, 0.25) is 0 Å². The van der Waals surface area contributed by atoms with Crippen molar-refractivity contribution in [2.75, 3.05) is 6.61 Å². The Balaban J connectivity index is 1.94. The summed E-state index contributed by atoms with van der Waals surface area (Å²) in [6.45, 7) is 0.543. The Morgan fingerprint density at radius 3 is 3.00 bits per heavy atom. The molecule has 3 unspecified atom stereocenters. The Labute approximate surface area is 57.7 Å². The highest BCUT2D eigenvalue weighted by Crippen LogP contribution is 2.38. The highest BCUT2D eigenvalue weighted by Gasteiger charge is 2.46. The maximum Gasteiger partial charge on any atom is 0.361 e. The average Bonchev–Trinajstić information content (AvgIpc) is 2.63.